The van der Waals surface area contributed by atoms with Crippen molar-refractivity contribution in [2.75, 3.05) is 0 Å². The molecule has 2 aromatic rings. The molecule has 0 heterocycles. The zero-order valence-corrected chi connectivity index (χ0v) is 13.6. The first kappa shape index (κ1) is 13.4. The smallest absolute Gasteiger partial charge is 0.0619 e. The molecule has 2 unspecified atom stereocenters. The van der Waals surface area contributed by atoms with Crippen LogP contribution < -0.4 is 0 Å². The van der Waals surface area contributed by atoms with E-state index in [1.54, 1.807) is 0 Å². The molecule has 2 aromatic carbocycles. The minimum atomic E-state index is 0.157. The van der Waals surface area contributed by atoms with Crippen molar-refractivity contribution in [2.24, 2.45) is 5.92 Å². The summed E-state index contributed by atoms with van der Waals surface area (Å²) in [7, 11) is 0. The van der Waals surface area contributed by atoms with Crippen molar-refractivity contribution in [1.29, 1.82) is 0 Å². The molecule has 0 aromatic heterocycles. The molecule has 0 nitrogen and oxygen atoms in total. The normalized spacial score (nSPS) is 22.0. The van der Waals surface area contributed by atoms with Crippen molar-refractivity contribution < 1.29 is 0 Å². The van der Waals surface area contributed by atoms with E-state index in [1.165, 1.54) is 26.7 Å². The Morgan fingerprint density at radius 2 is 1.79 bits per heavy atom. The molecule has 0 bridgehead atoms. The van der Waals surface area contributed by atoms with Crippen LogP contribution in [0.2, 0.25) is 0 Å². The molecule has 3 rings (SSSR count). The van der Waals surface area contributed by atoms with Gasteiger partial charge in [-0.05, 0) is 76.6 Å². The fraction of sp³-hybridized carbons (Fsp3) is 0.294. The largest absolute Gasteiger partial charge is 0.117 e. The second kappa shape index (κ2) is 5.84. The Morgan fingerprint density at radius 3 is 2.58 bits per heavy atom. The fourth-order valence-corrected chi connectivity index (χ4v) is 3.69. The van der Waals surface area contributed by atoms with Gasteiger partial charge in [0.25, 0.3) is 0 Å². The molecule has 0 N–H and O–H groups in total. The molecule has 2 atom stereocenters. The van der Waals surface area contributed by atoms with Crippen LogP contribution in [0.4, 0.5) is 0 Å². The van der Waals surface area contributed by atoms with Gasteiger partial charge in [0.2, 0.25) is 0 Å². The van der Waals surface area contributed by atoms with Gasteiger partial charge in [-0.25, -0.2) is 0 Å². The average Bonchev–Trinajstić information content (AvgIpc) is 2.45. The van der Waals surface area contributed by atoms with Gasteiger partial charge in [0.15, 0.2) is 0 Å². The van der Waals surface area contributed by atoms with Crippen LogP contribution in [0.25, 0.3) is 0 Å². The SMILES string of the molecule is ClC1c2ccccc2CCC1Cc1ccc(I)cc1. The molecule has 0 fully saturated rings. The van der Waals surface area contributed by atoms with Crippen molar-refractivity contribution in [3.63, 3.8) is 0 Å². The lowest BCUT2D eigenvalue weighted by molar-refractivity contribution is 0.442. The quantitative estimate of drug-likeness (QED) is 0.483. The van der Waals surface area contributed by atoms with Crippen LogP contribution in [0.1, 0.15) is 28.5 Å². The lowest BCUT2D eigenvalue weighted by atomic mass is 9.80. The maximum Gasteiger partial charge on any atom is 0.0619 e. The first-order chi connectivity index (χ1) is 9.24. The van der Waals surface area contributed by atoms with Crippen molar-refractivity contribution in [2.45, 2.75) is 24.6 Å². The van der Waals surface area contributed by atoms with Gasteiger partial charge in [0, 0.05) is 3.57 Å². The van der Waals surface area contributed by atoms with Gasteiger partial charge >= 0.3 is 0 Å². The fourth-order valence-electron chi connectivity index (χ4n) is 2.90. The number of rotatable bonds is 2. The van der Waals surface area contributed by atoms with Crippen molar-refractivity contribution in [3.8, 4) is 0 Å². The first-order valence-electron chi connectivity index (χ1n) is 6.70. The monoisotopic (exact) mass is 382 g/mol. The Kier molecular flexibility index (Phi) is 4.13. The Balaban J connectivity index is 1.79. The van der Waals surface area contributed by atoms with E-state index in [0.29, 0.717) is 5.92 Å². The molecule has 19 heavy (non-hydrogen) atoms. The molecule has 2 heteroatoms. The minimum Gasteiger partial charge on any atom is -0.117 e. The predicted octanol–water partition coefficient (Wildman–Crippen LogP) is 5.38. The second-order valence-electron chi connectivity index (χ2n) is 5.23. The number of hydrogen-bond acceptors (Lipinski definition) is 0. The molecule has 1 aliphatic carbocycles. The van der Waals surface area contributed by atoms with Gasteiger partial charge in [-0.15, -0.1) is 11.6 Å². The molecule has 0 radical (unpaired) electrons. The Labute approximate surface area is 133 Å². The molecule has 0 aliphatic heterocycles. The highest BCUT2D eigenvalue weighted by Crippen LogP contribution is 2.40. The van der Waals surface area contributed by atoms with E-state index < -0.39 is 0 Å². The number of hydrogen-bond donors (Lipinski definition) is 0. The van der Waals surface area contributed by atoms with Gasteiger partial charge < -0.3 is 0 Å². The van der Waals surface area contributed by atoms with Crippen LogP contribution in [0.5, 0.6) is 0 Å². The maximum atomic E-state index is 6.69. The summed E-state index contributed by atoms with van der Waals surface area (Å²) in [5.41, 5.74) is 4.17. The summed E-state index contributed by atoms with van der Waals surface area (Å²) in [4.78, 5) is 0. The summed E-state index contributed by atoms with van der Waals surface area (Å²) in [6.07, 6.45) is 3.44. The third-order valence-electron chi connectivity index (χ3n) is 3.96. The lowest BCUT2D eigenvalue weighted by Gasteiger charge is -2.29. The van der Waals surface area contributed by atoms with Crippen molar-refractivity contribution in [1.82, 2.24) is 0 Å². The second-order valence-corrected chi connectivity index (χ2v) is 6.95. The molecule has 1 aliphatic rings. The average molecular weight is 383 g/mol. The van der Waals surface area contributed by atoms with E-state index >= 15 is 0 Å². The number of alkyl halides is 1. The van der Waals surface area contributed by atoms with E-state index in [9.17, 15) is 0 Å². The molecule has 98 valence electrons. The topological polar surface area (TPSA) is 0 Å². The highest BCUT2D eigenvalue weighted by molar-refractivity contribution is 14.1. The Bertz CT molecular complexity index is 562. The minimum absolute atomic E-state index is 0.157. The van der Waals surface area contributed by atoms with Crippen LogP contribution in [0.15, 0.2) is 48.5 Å². The van der Waals surface area contributed by atoms with Crippen molar-refractivity contribution in [3.05, 3.63) is 68.8 Å². The zero-order chi connectivity index (χ0) is 13.2. The van der Waals surface area contributed by atoms with Crippen molar-refractivity contribution >= 4 is 34.2 Å². The van der Waals surface area contributed by atoms with Gasteiger partial charge in [-0.2, -0.15) is 0 Å². The third-order valence-corrected chi connectivity index (χ3v) is 5.27. The van der Waals surface area contributed by atoms with Crippen LogP contribution in [0, 0.1) is 9.49 Å². The van der Waals surface area contributed by atoms with Gasteiger partial charge in [0.05, 0.1) is 5.38 Å². The Hall–Kier alpha value is -0.540. The van der Waals surface area contributed by atoms with E-state index in [2.05, 4.69) is 71.1 Å². The number of benzene rings is 2. The molecule has 0 saturated heterocycles. The van der Waals surface area contributed by atoms with Crippen LogP contribution >= 0.6 is 34.2 Å². The summed E-state index contributed by atoms with van der Waals surface area (Å²) in [6.45, 7) is 0. The Morgan fingerprint density at radius 1 is 1.05 bits per heavy atom. The highest BCUT2D eigenvalue weighted by atomic mass is 127. The maximum absolute atomic E-state index is 6.69. The summed E-state index contributed by atoms with van der Waals surface area (Å²) in [5.74, 6) is 0.552. The van der Waals surface area contributed by atoms with Gasteiger partial charge in [-0.3, -0.25) is 0 Å². The molecular formula is C17H16ClI. The number of aryl methyl sites for hydroxylation is 1. The predicted molar refractivity (Wildman–Crippen MR) is 89.7 cm³/mol. The van der Waals surface area contributed by atoms with E-state index in [1.807, 2.05) is 0 Å². The first-order valence-corrected chi connectivity index (χ1v) is 8.22. The summed E-state index contributed by atoms with van der Waals surface area (Å²) >= 11 is 9.04. The zero-order valence-electron chi connectivity index (χ0n) is 10.7. The van der Waals surface area contributed by atoms with Gasteiger partial charge in [-0.1, -0.05) is 36.4 Å². The molecule has 0 amide bonds. The summed E-state index contributed by atoms with van der Waals surface area (Å²) in [5, 5.41) is 0.157. The summed E-state index contributed by atoms with van der Waals surface area (Å²) < 4.78 is 1.29. The van der Waals surface area contributed by atoms with E-state index in [-0.39, 0.29) is 5.38 Å². The van der Waals surface area contributed by atoms with Gasteiger partial charge in [0.1, 0.15) is 0 Å². The number of fused-ring (bicyclic) bond motifs is 1. The molecule has 0 saturated carbocycles. The van der Waals surface area contributed by atoms with E-state index in [0.717, 1.165) is 12.8 Å². The van der Waals surface area contributed by atoms with Crippen LogP contribution in [0.3, 0.4) is 0 Å². The van der Waals surface area contributed by atoms with Crippen LogP contribution in [-0.2, 0) is 12.8 Å². The lowest BCUT2D eigenvalue weighted by Crippen LogP contribution is -2.19. The summed E-state index contributed by atoms with van der Waals surface area (Å²) in [6, 6.07) is 17.4. The standard InChI is InChI=1S/C17H16ClI/c18-17-14(11-12-5-9-15(19)10-6-12)8-7-13-3-1-2-4-16(13)17/h1-6,9-10,14,17H,7-8,11H2. The molecule has 0 spiro atoms. The highest BCUT2D eigenvalue weighted by Gasteiger charge is 2.27. The number of halogens is 2. The van der Waals surface area contributed by atoms with Crippen LogP contribution in [-0.4, -0.2) is 0 Å². The molecular weight excluding hydrogens is 367 g/mol. The third kappa shape index (κ3) is 2.97. The van der Waals surface area contributed by atoms with E-state index in [4.69, 9.17) is 11.6 Å².